The largest absolute Gasteiger partial charge is 0.493 e. The summed E-state index contributed by atoms with van der Waals surface area (Å²) >= 11 is 0. The van der Waals surface area contributed by atoms with E-state index in [0.717, 1.165) is 17.5 Å². The fourth-order valence-corrected chi connectivity index (χ4v) is 2.79. The predicted octanol–water partition coefficient (Wildman–Crippen LogP) is 2.51. The third kappa shape index (κ3) is 3.71. The second-order valence-electron chi connectivity index (χ2n) is 6.79. The average molecular weight is 367 g/mol. The highest BCUT2D eigenvalue weighted by Gasteiger charge is 2.23. The number of hydrogen-bond donors (Lipinski definition) is 1. The van der Waals surface area contributed by atoms with E-state index in [1.807, 2.05) is 32.9 Å². The number of methoxy groups -OCH3 is 2. The Hall–Kier alpha value is -2.28. The molecule has 0 unspecified atom stereocenters. The number of nitrogens with zero attached hydrogens (tertiary/aromatic N) is 3. The minimum absolute atomic E-state index is 0. The number of hydrogen-bond acceptors (Lipinski definition) is 6. The number of fused-ring (bicyclic) bond motifs is 3. The lowest BCUT2D eigenvalue weighted by Crippen LogP contribution is -2.34. The van der Waals surface area contributed by atoms with Crippen LogP contribution in [0.5, 0.6) is 11.5 Å². The van der Waals surface area contributed by atoms with Crippen LogP contribution in [-0.2, 0) is 13.0 Å². The smallest absolute Gasteiger partial charge is 0.352 e. The van der Waals surface area contributed by atoms with Gasteiger partial charge >= 0.3 is 5.69 Å². The van der Waals surface area contributed by atoms with Crippen LogP contribution >= 0.6 is 12.4 Å². The lowest BCUT2D eigenvalue weighted by Gasteiger charge is -2.24. The monoisotopic (exact) mass is 366 g/mol. The molecular formula is C17H23ClN4O3. The summed E-state index contributed by atoms with van der Waals surface area (Å²) < 4.78 is 12.4. The van der Waals surface area contributed by atoms with Crippen LogP contribution in [0.1, 0.15) is 26.3 Å². The Morgan fingerprint density at radius 3 is 2.36 bits per heavy atom. The van der Waals surface area contributed by atoms with E-state index in [4.69, 9.17) is 9.47 Å². The molecule has 1 aromatic carbocycles. The summed E-state index contributed by atoms with van der Waals surface area (Å²) in [5.41, 5.74) is 1.41. The van der Waals surface area contributed by atoms with Crippen molar-refractivity contribution in [2.24, 2.45) is 0 Å². The van der Waals surface area contributed by atoms with E-state index in [-0.39, 0.29) is 23.6 Å². The van der Waals surface area contributed by atoms with Crippen molar-refractivity contribution in [3.8, 4) is 22.9 Å². The molecule has 136 valence electrons. The molecule has 8 heteroatoms. The van der Waals surface area contributed by atoms with Gasteiger partial charge in [0.2, 0.25) is 5.95 Å². The van der Waals surface area contributed by atoms with Crippen molar-refractivity contribution in [1.29, 1.82) is 0 Å². The zero-order valence-electron chi connectivity index (χ0n) is 15.0. The zero-order chi connectivity index (χ0) is 17.5. The predicted molar refractivity (Wildman–Crippen MR) is 99.2 cm³/mol. The SMILES string of the molecule is COc1cc2c(cc1OC)-c1nc(NC(C)(C)C)nc(=O)n1CC2.Cl. The van der Waals surface area contributed by atoms with E-state index >= 15 is 0 Å². The van der Waals surface area contributed by atoms with Crippen LogP contribution in [0.2, 0.25) is 0 Å². The Labute approximate surface area is 152 Å². The fraction of sp³-hybridized carbons (Fsp3) is 0.471. The highest BCUT2D eigenvalue weighted by atomic mass is 35.5. The summed E-state index contributed by atoms with van der Waals surface area (Å²) in [7, 11) is 3.20. The van der Waals surface area contributed by atoms with Gasteiger partial charge in [-0.25, -0.2) is 4.79 Å². The molecule has 0 saturated heterocycles. The maximum absolute atomic E-state index is 12.4. The summed E-state index contributed by atoms with van der Waals surface area (Å²) in [5.74, 6) is 2.22. The first-order valence-electron chi connectivity index (χ1n) is 7.84. The summed E-state index contributed by atoms with van der Waals surface area (Å²) in [5, 5.41) is 3.16. The summed E-state index contributed by atoms with van der Waals surface area (Å²) in [6.45, 7) is 6.53. The molecule has 3 rings (SSSR count). The van der Waals surface area contributed by atoms with Gasteiger partial charge in [0, 0.05) is 17.6 Å². The van der Waals surface area contributed by atoms with Crippen LogP contribution in [0, 0.1) is 0 Å². The van der Waals surface area contributed by atoms with Crippen molar-refractivity contribution in [2.75, 3.05) is 19.5 Å². The lowest BCUT2D eigenvalue weighted by molar-refractivity contribution is 0.354. The van der Waals surface area contributed by atoms with Crippen LogP contribution in [0.3, 0.4) is 0 Å². The number of rotatable bonds is 3. The number of benzene rings is 1. The quantitative estimate of drug-likeness (QED) is 0.899. The molecule has 7 nitrogen and oxygen atoms in total. The highest BCUT2D eigenvalue weighted by molar-refractivity contribution is 5.85. The Morgan fingerprint density at radius 1 is 1.12 bits per heavy atom. The van der Waals surface area contributed by atoms with E-state index in [1.54, 1.807) is 18.8 Å². The molecule has 1 N–H and O–H groups in total. The minimum Gasteiger partial charge on any atom is -0.493 e. The first-order valence-corrected chi connectivity index (χ1v) is 7.84. The standard InChI is InChI=1S/C17H22N4O3.ClH/c1-17(2,3)20-15-18-14-11-9-13(24-5)12(23-4)8-10(11)6-7-21(14)16(22)19-15;/h8-9H,6-7H2,1-5H3,(H,19,20,22);1H. The average Bonchev–Trinajstić information content (AvgIpc) is 2.51. The van der Waals surface area contributed by atoms with Gasteiger partial charge < -0.3 is 14.8 Å². The van der Waals surface area contributed by atoms with Gasteiger partial charge in [-0.3, -0.25) is 4.57 Å². The van der Waals surface area contributed by atoms with Gasteiger partial charge in [-0.05, 0) is 44.9 Å². The minimum atomic E-state index is -0.299. The van der Waals surface area contributed by atoms with Crippen molar-refractivity contribution in [3.63, 3.8) is 0 Å². The Bertz CT molecular complexity index is 843. The molecule has 1 aromatic heterocycles. The molecular weight excluding hydrogens is 344 g/mol. The van der Waals surface area contributed by atoms with Gasteiger partial charge in [0.15, 0.2) is 11.5 Å². The van der Waals surface area contributed by atoms with Gasteiger partial charge in [0.25, 0.3) is 0 Å². The number of halogens is 1. The Balaban J connectivity index is 0.00000225. The van der Waals surface area contributed by atoms with Crippen molar-refractivity contribution >= 4 is 18.4 Å². The molecule has 0 fully saturated rings. The molecule has 0 atom stereocenters. The number of ether oxygens (including phenoxy) is 2. The van der Waals surface area contributed by atoms with Crippen LogP contribution in [0.15, 0.2) is 16.9 Å². The second-order valence-corrected chi connectivity index (χ2v) is 6.79. The highest BCUT2D eigenvalue weighted by Crippen LogP contribution is 2.37. The maximum Gasteiger partial charge on any atom is 0.352 e. The van der Waals surface area contributed by atoms with E-state index in [9.17, 15) is 4.79 Å². The summed E-state index contributed by atoms with van der Waals surface area (Å²) in [4.78, 5) is 21.0. The van der Waals surface area contributed by atoms with Crippen LogP contribution in [0.4, 0.5) is 5.95 Å². The fourth-order valence-electron chi connectivity index (χ4n) is 2.79. The lowest BCUT2D eigenvalue weighted by atomic mass is 9.99. The van der Waals surface area contributed by atoms with Gasteiger partial charge in [-0.1, -0.05) is 0 Å². The molecule has 0 spiro atoms. The topological polar surface area (TPSA) is 78.3 Å². The number of aromatic nitrogens is 3. The summed E-state index contributed by atoms with van der Waals surface area (Å²) in [6, 6.07) is 3.81. The molecule has 25 heavy (non-hydrogen) atoms. The third-order valence-corrected chi connectivity index (χ3v) is 3.84. The van der Waals surface area contributed by atoms with Crippen LogP contribution in [0.25, 0.3) is 11.4 Å². The van der Waals surface area contributed by atoms with Gasteiger partial charge in [-0.15, -0.1) is 12.4 Å². The molecule has 1 aliphatic heterocycles. The Morgan fingerprint density at radius 2 is 1.76 bits per heavy atom. The number of aryl methyl sites for hydroxylation is 1. The van der Waals surface area contributed by atoms with Crippen molar-refractivity contribution in [3.05, 3.63) is 28.2 Å². The van der Waals surface area contributed by atoms with Crippen LogP contribution in [-0.4, -0.2) is 34.3 Å². The first-order chi connectivity index (χ1) is 11.3. The molecule has 0 aliphatic carbocycles. The molecule has 1 aliphatic rings. The molecule has 0 saturated carbocycles. The molecule has 2 aromatic rings. The van der Waals surface area contributed by atoms with Gasteiger partial charge in [0.1, 0.15) is 5.82 Å². The summed E-state index contributed by atoms with van der Waals surface area (Å²) in [6.07, 6.45) is 0.720. The van der Waals surface area contributed by atoms with E-state index in [1.165, 1.54) is 0 Å². The van der Waals surface area contributed by atoms with Gasteiger partial charge in [-0.2, -0.15) is 9.97 Å². The first kappa shape index (κ1) is 19.1. The molecule has 0 radical (unpaired) electrons. The van der Waals surface area contributed by atoms with E-state index < -0.39 is 0 Å². The number of anilines is 1. The zero-order valence-corrected chi connectivity index (χ0v) is 15.9. The van der Waals surface area contributed by atoms with E-state index in [0.29, 0.717) is 29.8 Å². The van der Waals surface area contributed by atoms with Crippen LogP contribution < -0.4 is 20.5 Å². The van der Waals surface area contributed by atoms with E-state index in [2.05, 4.69) is 15.3 Å². The third-order valence-electron chi connectivity index (χ3n) is 3.84. The molecule has 0 amide bonds. The molecule has 2 heterocycles. The van der Waals surface area contributed by atoms with Gasteiger partial charge in [0.05, 0.1) is 14.2 Å². The Kier molecular flexibility index (Phi) is 5.27. The number of nitrogens with one attached hydrogen (secondary N) is 1. The molecule has 0 bridgehead atoms. The van der Waals surface area contributed by atoms with Crippen molar-refractivity contribution in [1.82, 2.24) is 14.5 Å². The normalized spacial score (nSPS) is 12.5. The maximum atomic E-state index is 12.4. The van der Waals surface area contributed by atoms with Crippen molar-refractivity contribution < 1.29 is 9.47 Å². The second kappa shape index (κ2) is 6.92. The van der Waals surface area contributed by atoms with Crippen molar-refractivity contribution in [2.45, 2.75) is 39.3 Å².